The lowest BCUT2D eigenvalue weighted by atomic mass is 10.0. The molecule has 5 aromatic rings. The Kier molecular flexibility index (Phi) is 7.19. The Hall–Kier alpha value is -4.85. The fraction of sp³-hybridized carbons (Fsp3) is 0.194. The number of nitrogens with zero attached hydrogens (tertiary/aromatic N) is 4. The molecule has 2 heterocycles. The molecule has 0 aliphatic heterocycles. The van der Waals surface area contributed by atoms with Crippen LogP contribution in [0.5, 0.6) is 0 Å². The van der Waals surface area contributed by atoms with Crippen LogP contribution in [0, 0.1) is 0 Å². The molecule has 0 aliphatic rings. The van der Waals surface area contributed by atoms with Crippen LogP contribution >= 0.6 is 0 Å². The van der Waals surface area contributed by atoms with Gasteiger partial charge in [0, 0.05) is 67.9 Å². The molecule has 0 atom stereocenters. The highest BCUT2D eigenvalue weighted by Crippen LogP contribution is 2.35. The zero-order valence-electron chi connectivity index (χ0n) is 22.7. The summed E-state index contributed by atoms with van der Waals surface area (Å²) in [7, 11) is 8.11. The zero-order chi connectivity index (χ0) is 27.5. The van der Waals surface area contributed by atoms with E-state index in [2.05, 4.69) is 68.5 Å². The highest BCUT2D eigenvalue weighted by Gasteiger charge is 2.18. The average molecular weight is 522 g/mol. The number of rotatable bonds is 8. The quantitative estimate of drug-likeness (QED) is 0.237. The number of hydrogen-bond donors (Lipinski definition) is 1. The molecule has 0 saturated heterocycles. The fourth-order valence-corrected chi connectivity index (χ4v) is 4.28. The smallest absolute Gasteiger partial charge is 0.377 e. The predicted molar refractivity (Wildman–Crippen MR) is 155 cm³/mol. The Morgan fingerprint density at radius 2 is 1.33 bits per heavy atom. The molecule has 8 nitrogen and oxygen atoms in total. The van der Waals surface area contributed by atoms with Gasteiger partial charge in [-0.3, -0.25) is 0 Å². The minimum Gasteiger partial charge on any atom is -0.460 e. The number of aromatic amines is 1. The molecule has 0 spiro atoms. The molecule has 2 aromatic heterocycles. The number of hydrogen-bond acceptors (Lipinski definition) is 7. The van der Waals surface area contributed by atoms with Gasteiger partial charge in [0.15, 0.2) is 0 Å². The van der Waals surface area contributed by atoms with Crippen LogP contribution in [0.15, 0.2) is 83.4 Å². The van der Waals surface area contributed by atoms with Gasteiger partial charge in [-0.2, -0.15) is 0 Å². The summed E-state index contributed by atoms with van der Waals surface area (Å²) in [6, 6.07) is 26.2. The van der Waals surface area contributed by atoms with E-state index in [1.807, 2.05) is 52.5 Å². The van der Waals surface area contributed by atoms with E-state index < -0.39 is 5.97 Å². The normalized spacial score (nSPS) is 10.9. The summed E-state index contributed by atoms with van der Waals surface area (Å²) in [5.41, 5.74) is 8.48. The largest absolute Gasteiger partial charge is 0.460 e. The van der Waals surface area contributed by atoms with Crippen LogP contribution in [0.4, 0.5) is 11.4 Å². The third kappa shape index (κ3) is 5.40. The topological polar surface area (TPSA) is 87.5 Å². The van der Waals surface area contributed by atoms with Crippen molar-refractivity contribution in [3.63, 3.8) is 0 Å². The molecule has 8 heteroatoms. The molecule has 0 amide bonds. The molecule has 5 rings (SSSR count). The number of benzene rings is 3. The van der Waals surface area contributed by atoms with Crippen LogP contribution in [0.25, 0.3) is 45.2 Å². The molecule has 0 fully saturated rings. The van der Waals surface area contributed by atoms with E-state index in [9.17, 15) is 4.79 Å². The Morgan fingerprint density at radius 3 is 1.90 bits per heavy atom. The number of anilines is 2. The van der Waals surface area contributed by atoms with E-state index in [-0.39, 0.29) is 12.4 Å². The Labute approximate surface area is 227 Å². The van der Waals surface area contributed by atoms with Gasteiger partial charge in [-0.25, -0.2) is 9.78 Å². The first-order chi connectivity index (χ1) is 18.8. The van der Waals surface area contributed by atoms with Gasteiger partial charge < -0.3 is 24.0 Å². The summed E-state index contributed by atoms with van der Waals surface area (Å²) in [6.45, 7) is 2.02. The van der Waals surface area contributed by atoms with Crippen molar-refractivity contribution in [3.05, 3.63) is 84.6 Å². The van der Waals surface area contributed by atoms with Crippen molar-refractivity contribution in [1.29, 1.82) is 0 Å². The van der Waals surface area contributed by atoms with Gasteiger partial charge in [-0.1, -0.05) is 53.7 Å². The number of H-pyrrole nitrogens is 1. The van der Waals surface area contributed by atoms with Crippen molar-refractivity contribution in [2.24, 2.45) is 0 Å². The number of carbonyl (C=O) groups excluding carboxylic acids is 1. The summed E-state index contributed by atoms with van der Waals surface area (Å²) >= 11 is 0. The third-order valence-electron chi connectivity index (χ3n) is 6.47. The van der Waals surface area contributed by atoms with Crippen molar-refractivity contribution in [2.75, 3.05) is 44.6 Å². The lowest BCUT2D eigenvalue weighted by molar-refractivity contribution is 0.0479. The summed E-state index contributed by atoms with van der Waals surface area (Å²) < 4.78 is 10.1. The maximum Gasteiger partial charge on any atom is 0.377 e. The maximum atomic E-state index is 11.9. The number of esters is 1. The minimum absolute atomic E-state index is 0.0804. The molecule has 0 aliphatic carbocycles. The van der Waals surface area contributed by atoms with E-state index in [4.69, 9.17) is 14.2 Å². The molecule has 0 unspecified atom stereocenters. The standard InChI is InChI=1S/C31H31N5O3/c1-6-38-31(37)27-19-26(34-39-27)20-7-9-23(10-8-20)30-32-28(21-11-15-24(16-12-21)35(2)3)29(33-30)22-13-17-25(18-14-22)36(4)5/h7-19H,6H2,1-5H3,(H,32,33). The maximum absolute atomic E-state index is 11.9. The molecule has 198 valence electrons. The van der Waals surface area contributed by atoms with Gasteiger partial charge in [-0.15, -0.1) is 0 Å². The minimum atomic E-state index is -0.527. The number of imidazole rings is 1. The van der Waals surface area contributed by atoms with Crippen LogP contribution in [0.2, 0.25) is 0 Å². The van der Waals surface area contributed by atoms with Gasteiger partial charge in [0.2, 0.25) is 5.76 Å². The van der Waals surface area contributed by atoms with Gasteiger partial charge in [0.1, 0.15) is 11.5 Å². The summed E-state index contributed by atoms with van der Waals surface area (Å²) in [5.74, 6) is 0.310. The molecule has 39 heavy (non-hydrogen) atoms. The van der Waals surface area contributed by atoms with E-state index in [0.717, 1.165) is 50.8 Å². The van der Waals surface area contributed by atoms with Crippen molar-refractivity contribution < 1.29 is 14.1 Å². The monoisotopic (exact) mass is 521 g/mol. The highest BCUT2D eigenvalue weighted by atomic mass is 16.6. The van der Waals surface area contributed by atoms with Crippen LogP contribution in [0.1, 0.15) is 17.5 Å². The number of ether oxygens (including phenoxy) is 1. The van der Waals surface area contributed by atoms with E-state index in [1.54, 1.807) is 13.0 Å². The summed E-state index contributed by atoms with van der Waals surface area (Å²) in [4.78, 5) is 24.7. The highest BCUT2D eigenvalue weighted by molar-refractivity contribution is 5.87. The van der Waals surface area contributed by atoms with Crippen molar-refractivity contribution in [1.82, 2.24) is 15.1 Å². The molecular weight excluding hydrogens is 490 g/mol. The second-order valence-electron chi connectivity index (χ2n) is 9.57. The van der Waals surface area contributed by atoms with E-state index >= 15 is 0 Å². The molecule has 1 N–H and O–H groups in total. The summed E-state index contributed by atoms with van der Waals surface area (Å²) in [6.07, 6.45) is 0. The predicted octanol–water partition coefficient (Wildman–Crippen LogP) is 6.37. The zero-order valence-corrected chi connectivity index (χ0v) is 22.7. The van der Waals surface area contributed by atoms with Gasteiger partial charge in [0.05, 0.1) is 18.0 Å². The Bertz CT molecular complexity index is 1500. The first-order valence-electron chi connectivity index (χ1n) is 12.7. The van der Waals surface area contributed by atoms with Gasteiger partial charge >= 0.3 is 5.97 Å². The SMILES string of the molecule is CCOC(=O)c1cc(-c2ccc(-c3nc(-c4ccc(N(C)C)cc4)c(-c4ccc(N(C)C)cc4)[nH]3)cc2)no1. The van der Waals surface area contributed by atoms with Crippen molar-refractivity contribution >= 4 is 17.3 Å². The average Bonchev–Trinajstić information content (AvgIpc) is 3.62. The van der Waals surface area contributed by atoms with Crippen molar-refractivity contribution in [2.45, 2.75) is 6.92 Å². The molecular formula is C31H31N5O3. The number of nitrogens with one attached hydrogen (secondary N) is 1. The van der Waals surface area contributed by atoms with Gasteiger partial charge in [0.25, 0.3) is 0 Å². The Morgan fingerprint density at radius 1 is 0.795 bits per heavy atom. The first-order valence-corrected chi connectivity index (χ1v) is 12.7. The number of aromatic nitrogens is 3. The summed E-state index contributed by atoms with van der Waals surface area (Å²) in [5, 5.41) is 4.02. The van der Waals surface area contributed by atoms with Crippen molar-refractivity contribution in [3.8, 4) is 45.2 Å². The molecule has 3 aromatic carbocycles. The van der Waals surface area contributed by atoms with Crippen LogP contribution < -0.4 is 9.80 Å². The number of carbonyl (C=O) groups is 1. The first kappa shape index (κ1) is 25.8. The fourth-order valence-electron chi connectivity index (χ4n) is 4.28. The van der Waals surface area contributed by atoms with Crippen LogP contribution in [-0.2, 0) is 4.74 Å². The van der Waals surface area contributed by atoms with Crippen LogP contribution in [0.3, 0.4) is 0 Å². The van der Waals surface area contributed by atoms with E-state index in [0.29, 0.717) is 5.69 Å². The Balaban J connectivity index is 1.50. The lowest BCUT2D eigenvalue weighted by Gasteiger charge is -2.13. The lowest BCUT2D eigenvalue weighted by Crippen LogP contribution is -2.08. The second kappa shape index (κ2) is 10.9. The molecule has 0 saturated carbocycles. The molecule has 0 radical (unpaired) electrons. The molecule has 0 bridgehead atoms. The second-order valence-corrected chi connectivity index (χ2v) is 9.57. The van der Waals surface area contributed by atoms with Gasteiger partial charge in [-0.05, 0) is 31.2 Å². The third-order valence-corrected chi connectivity index (χ3v) is 6.47. The van der Waals surface area contributed by atoms with Crippen LogP contribution in [-0.4, -0.2) is 55.9 Å². The van der Waals surface area contributed by atoms with E-state index in [1.165, 1.54) is 0 Å².